The number of anilines is 1. The van der Waals surface area contributed by atoms with Crippen molar-refractivity contribution in [3.8, 4) is 5.75 Å². The molecule has 1 saturated carbocycles. The highest BCUT2D eigenvalue weighted by atomic mass is 32.2. The summed E-state index contributed by atoms with van der Waals surface area (Å²) in [7, 11) is 1.47. The summed E-state index contributed by atoms with van der Waals surface area (Å²) < 4.78 is 21.1. The smallest absolute Gasteiger partial charge is 0.201 e. The predicted molar refractivity (Wildman–Crippen MR) is 85.4 cm³/mol. The third-order valence-electron chi connectivity index (χ3n) is 4.45. The van der Waals surface area contributed by atoms with E-state index < -0.39 is 5.82 Å². The zero-order valence-corrected chi connectivity index (χ0v) is 13.2. The molecule has 1 fully saturated rings. The summed E-state index contributed by atoms with van der Waals surface area (Å²) in [6.45, 7) is 0.811. The van der Waals surface area contributed by atoms with E-state index in [1.165, 1.54) is 38.9 Å². The second kappa shape index (κ2) is 5.40. The van der Waals surface area contributed by atoms with Gasteiger partial charge in [-0.25, -0.2) is 9.37 Å². The molecule has 2 aromatic rings. The molecule has 6 heteroatoms. The largest absolute Gasteiger partial charge is 0.494 e. The maximum absolute atomic E-state index is 13.8. The van der Waals surface area contributed by atoms with Crippen molar-refractivity contribution < 1.29 is 9.13 Å². The number of methoxy groups -OCH3 is 1. The van der Waals surface area contributed by atoms with Gasteiger partial charge in [-0.2, -0.15) is 11.8 Å². The standard InChI is InChI=1S/C15H20FN3OS/c1-20-13-8-12-11(7-10(13)16)18-14(17)19(12)9-15(21-2)5-3-4-6-15/h7-8H,3-6,9H2,1-2H3,(H2,17,18). The Morgan fingerprint density at radius 3 is 2.76 bits per heavy atom. The third-order valence-corrected chi connectivity index (χ3v) is 5.85. The van der Waals surface area contributed by atoms with E-state index in [-0.39, 0.29) is 10.5 Å². The molecule has 4 nitrogen and oxygen atoms in total. The quantitative estimate of drug-likeness (QED) is 0.940. The fraction of sp³-hybridized carbons (Fsp3) is 0.533. The van der Waals surface area contributed by atoms with Gasteiger partial charge in [-0.05, 0) is 19.1 Å². The molecule has 21 heavy (non-hydrogen) atoms. The lowest BCUT2D eigenvalue weighted by molar-refractivity contribution is 0.387. The van der Waals surface area contributed by atoms with Crippen LogP contribution in [0.3, 0.4) is 0 Å². The van der Waals surface area contributed by atoms with Crippen LogP contribution in [-0.2, 0) is 6.54 Å². The molecule has 1 aliphatic rings. The van der Waals surface area contributed by atoms with E-state index in [2.05, 4.69) is 11.2 Å². The van der Waals surface area contributed by atoms with Crippen LogP contribution in [0.4, 0.5) is 10.3 Å². The Hall–Kier alpha value is -1.43. The lowest BCUT2D eigenvalue weighted by Gasteiger charge is -2.27. The van der Waals surface area contributed by atoms with Crippen molar-refractivity contribution in [1.82, 2.24) is 9.55 Å². The van der Waals surface area contributed by atoms with Crippen molar-refractivity contribution in [2.75, 3.05) is 19.1 Å². The minimum absolute atomic E-state index is 0.212. The van der Waals surface area contributed by atoms with Crippen molar-refractivity contribution in [1.29, 1.82) is 0 Å². The van der Waals surface area contributed by atoms with Gasteiger partial charge in [-0.3, -0.25) is 0 Å². The number of nitrogens with zero attached hydrogens (tertiary/aromatic N) is 2. The molecule has 0 spiro atoms. The van der Waals surface area contributed by atoms with Crippen molar-refractivity contribution in [3.05, 3.63) is 17.9 Å². The zero-order valence-electron chi connectivity index (χ0n) is 12.4. The van der Waals surface area contributed by atoms with Gasteiger partial charge in [0, 0.05) is 23.4 Å². The number of halogens is 1. The Morgan fingerprint density at radius 2 is 2.14 bits per heavy atom. The van der Waals surface area contributed by atoms with Crippen LogP contribution < -0.4 is 10.5 Å². The van der Waals surface area contributed by atoms with Crippen LogP contribution in [0.1, 0.15) is 25.7 Å². The van der Waals surface area contributed by atoms with E-state index in [1.807, 2.05) is 16.3 Å². The van der Waals surface area contributed by atoms with Crippen LogP contribution >= 0.6 is 11.8 Å². The number of nitrogen functional groups attached to an aromatic ring is 1. The molecule has 3 rings (SSSR count). The van der Waals surface area contributed by atoms with Gasteiger partial charge in [-0.1, -0.05) is 12.8 Å². The Labute approximate surface area is 127 Å². The Balaban J connectivity index is 2.07. The third kappa shape index (κ3) is 2.46. The lowest BCUT2D eigenvalue weighted by Crippen LogP contribution is -2.27. The van der Waals surface area contributed by atoms with Gasteiger partial charge in [0.15, 0.2) is 11.6 Å². The average Bonchev–Trinajstić information content (AvgIpc) is 3.05. The number of hydrogen-bond acceptors (Lipinski definition) is 4. The van der Waals surface area contributed by atoms with E-state index in [4.69, 9.17) is 10.5 Å². The molecule has 0 unspecified atom stereocenters. The first kappa shape index (κ1) is 14.5. The highest BCUT2D eigenvalue weighted by Crippen LogP contribution is 2.42. The highest BCUT2D eigenvalue weighted by Gasteiger charge is 2.34. The number of hydrogen-bond donors (Lipinski definition) is 1. The van der Waals surface area contributed by atoms with Gasteiger partial charge in [-0.15, -0.1) is 0 Å². The van der Waals surface area contributed by atoms with Gasteiger partial charge in [0.25, 0.3) is 0 Å². The number of aromatic nitrogens is 2. The van der Waals surface area contributed by atoms with E-state index in [9.17, 15) is 4.39 Å². The fourth-order valence-electron chi connectivity index (χ4n) is 3.20. The topological polar surface area (TPSA) is 53.1 Å². The van der Waals surface area contributed by atoms with Crippen LogP contribution in [-0.4, -0.2) is 27.7 Å². The molecule has 0 amide bonds. The van der Waals surface area contributed by atoms with Gasteiger partial charge in [0.2, 0.25) is 5.95 Å². The van der Waals surface area contributed by atoms with Crippen LogP contribution in [0.25, 0.3) is 11.0 Å². The fourth-order valence-corrected chi connectivity index (χ4v) is 4.16. The molecule has 0 radical (unpaired) electrons. The van der Waals surface area contributed by atoms with Crippen molar-refractivity contribution in [2.24, 2.45) is 0 Å². The normalized spacial score (nSPS) is 17.5. The first-order chi connectivity index (χ1) is 10.1. The molecular weight excluding hydrogens is 289 g/mol. The monoisotopic (exact) mass is 309 g/mol. The molecule has 0 saturated heterocycles. The summed E-state index contributed by atoms with van der Waals surface area (Å²) in [5, 5.41) is 0. The summed E-state index contributed by atoms with van der Waals surface area (Å²) >= 11 is 1.90. The second-order valence-electron chi connectivity index (χ2n) is 5.63. The Bertz CT molecular complexity index is 664. The van der Waals surface area contributed by atoms with E-state index in [0.717, 1.165) is 12.1 Å². The maximum Gasteiger partial charge on any atom is 0.201 e. The van der Waals surface area contributed by atoms with Gasteiger partial charge >= 0.3 is 0 Å². The highest BCUT2D eigenvalue weighted by molar-refractivity contribution is 8.00. The van der Waals surface area contributed by atoms with Gasteiger partial charge < -0.3 is 15.0 Å². The minimum Gasteiger partial charge on any atom is -0.494 e. The molecule has 1 heterocycles. The van der Waals surface area contributed by atoms with Crippen molar-refractivity contribution in [3.63, 3.8) is 0 Å². The number of ether oxygens (including phenoxy) is 1. The minimum atomic E-state index is -0.407. The molecular formula is C15H20FN3OS. The SMILES string of the molecule is COc1cc2c(cc1F)nc(N)n2CC1(SC)CCCC1. The second-order valence-corrected chi connectivity index (χ2v) is 6.90. The summed E-state index contributed by atoms with van der Waals surface area (Å²) in [5.41, 5.74) is 7.49. The first-order valence-corrected chi connectivity index (χ1v) is 8.35. The Morgan fingerprint density at radius 1 is 1.43 bits per heavy atom. The van der Waals surface area contributed by atoms with E-state index in [0.29, 0.717) is 11.5 Å². The van der Waals surface area contributed by atoms with Gasteiger partial charge in [0.1, 0.15) is 0 Å². The molecule has 0 atom stereocenters. The average molecular weight is 309 g/mol. The number of thioether (sulfide) groups is 1. The van der Waals surface area contributed by atoms with Crippen LogP contribution in [0.5, 0.6) is 5.75 Å². The number of nitrogens with two attached hydrogens (primary N) is 1. The summed E-state index contributed by atoms with van der Waals surface area (Å²) in [6.07, 6.45) is 7.04. The molecule has 0 bridgehead atoms. The van der Waals surface area contributed by atoms with Crippen molar-refractivity contribution >= 4 is 28.7 Å². The van der Waals surface area contributed by atoms with Crippen molar-refractivity contribution in [2.45, 2.75) is 37.0 Å². The number of benzene rings is 1. The summed E-state index contributed by atoms with van der Waals surface area (Å²) in [6, 6.07) is 3.08. The van der Waals surface area contributed by atoms with Gasteiger partial charge in [0.05, 0.1) is 18.1 Å². The van der Waals surface area contributed by atoms with Crippen LogP contribution in [0, 0.1) is 5.82 Å². The maximum atomic E-state index is 13.8. The summed E-state index contributed by atoms with van der Waals surface area (Å²) in [4.78, 5) is 4.29. The molecule has 0 aliphatic heterocycles. The Kier molecular flexibility index (Phi) is 3.73. The molecule has 2 N–H and O–H groups in total. The predicted octanol–water partition coefficient (Wildman–Crippen LogP) is 3.44. The molecule has 1 aromatic carbocycles. The zero-order chi connectivity index (χ0) is 15.0. The number of imidazole rings is 1. The lowest BCUT2D eigenvalue weighted by atomic mass is 10.1. The van der Waals surface area contributed by atoms with E-state index >= 15 is 0 Å². The number of rotatable bonds is 4. The summed E-state index contributed by atoms with van der Waals surface area (Å²) in [5.74, 6) is 0.265. The molecule has 1 aliphatic carbocycles. The molecule has 114 valence electrons. The van der Waals surface area contributed by atoms with E-state index in [1.54, 1.807) is 6.07 Å². The first-order valence-electron chi connectivity index (χ1n) is 7.13. The van der Waals surface area contributed by atoms with Crippen LogP contribution in [0.15, 0.2) is 12.1 Å². The van der Waals surface area contributed by atoms with Crippen LogP contribution in [0.2, 0.25) is 0 Å². The number of fused-ring (bicyclic) bond motifs is 1. The molecule has 1 aromatic heterocycles.